The fourth-order valence-electron chi connectivity index (χ4n) is 3.31. The fraction of sp³-hybridized carbons (Fsp3) is 0.609. The average Bonchev–Trinajstić information content (AvgIpc) is 3.30. The second-order valence-corrected chi connectivity index (χ2v) is 9.08. The molecule has 0 aliphatic carbocycles. The summed E-state index contributed by atoms with van der Waals surface area (Å²) >= 11 is 1.09. The summed E-state index contributed by atoms with van der Waals surface area (Å²) in [6, 6.07) is 0. The number of nitrogens with zero attached hydrogens (tertiary/aromatic N) is 2. The molecule has 0 bridgehead atoms. The van der Waals surface area contributed by atoms with E-state index < -0.39 is 34.6 Å². The number of ether oxygens (including phenoxy) is 1. The van der Waals surface area contributed by atoms with Crippen LogP contribution < -0.4 is 0 Å². The first-order valence-electron chi connectivity index (χ1n) is 11.1. The lowest BCUT2D eigenvalue weighted by Gasteiger charge is -2.18. The van der Waals surface area contributed by atoms with E-state index in [9.17, 15) is 22.0 Å². The summed E-state index contributed by atoms with van der Waals surface area (Å²) in [6.07, 6.45) is 14.4. The summed E-state index contributed by atoms with van der Waals surface area (Å²) in [5, 5.41) is -0.242. The van der Waals surface area contributed by atoms with Crippen LogP contribution in [0.5, 0.6) is 0 Å². The smallest absolute Gasteiger partial charge is 0.200 e. The van der Waals surface area contributed by atoms with Gasteiger partial charge in [-0.05, 0) is 6.42 Å². The first-order chi connectivity index (χ1) is 15.5. The zero-order chi connectivity index (χ0) is 23.3. The molecule has 1 unspecified atom stereocenters. The van der Waals surface area contributed by atoms with Crippen molar-refractivity contribution in [3.63, 3.8) is 0 Å². The lowest BCUT2D eigenvalue weighted by molar-refractivity contribution is 0.128. The van der Waals surface area contributed by atoms with Crippen LogP contribution in [-0.2, 0) is 17.0 Å². The number of hydrogen-bond acceptors (Lipinski definition) is 3. The van der Waals surface area contributed by atoms with Crippen molar-refractivity contribution in [3.8, 4) is 0 Å². The molecule has 0 amide bonds. The molecule has 0 saturated heterocycles. The first kappa shape index (κ1) is 26.6. The highest BCUT2D eigenvalue weighted by atomic mass is 32.2. The second kappa shape index (κ2) is 14.5. The van der Waals surface area contributed by atoms with Crippen molar-refractivity contribution in [2.24, 2.45) is 0 Å². The second-order valence-electron chi connectivity index (χ2n) is 7.79. The standard InChI is InChI=1S/C23H31F5N2OS/c1-2-3-4-5-6-7-8-9-12-31-14-17(13-30-11-10-29-16-30)32-15-18-19(24)21(26)23(28)22(27)20(18)25/h10-11,16-17H,2-9,12-15H2,1H3. The summed E-state index contributed by atoms with van der Waals surface area (Å²) in [5.41, 5.74) is -0.815. The van der Waals surface area contributed by atoms with Crippen molar-refractivity contribution in [2.45, 2.75) is 75.8 Å². The molecule has 1 aromatic carbocycles. The Bertz CT molecular complexity index is 775. The van der Waals surface area contributed by atoms with E-state index in [0.29, 0.717) is 19.8 Å². The summed E-state index contributed by atoms with van der Waals surface area (Å²) in [4.78, 5) is 3.96. The van der Waals surface area contributed by atoms with Crippen molar-refractivity contribution in [1.29, 1.82) is 0 Å². The van der Waals surface area contributed by atoms with Gasteiger partial charge in [-0.15, -0.1) is 11.8 Å². The summed E-state index contributed by atoms with van der Waals surface area (Å²) in [6.45, 7) is 3.50. The monoisotopic (exact) mass is 478 g/mol. The molecule has 9 heteroatoms. The van der Waals surface area contributed by atoms with Gasteiger partial charge in [0.2, 0.25) is 5.82 Å². The molecule has 0 saturated carbocycles. The molecule has 1 heterocycles. The number of halogens is 5. The third-order valence-corrected chi connectivity index (χ3v) is 6.40. The maximum absolute atomic E-state index is 14.0. The van der Waals surface area contributed by atoms with Crippen LogP contribution in [0, 0.1) is 29.1 Å². The van der Waals surface area contributed by atoms with E-state index >= 15 is 0 Å². The van der Waals surface area contributed by atoms with E-state index in [1.54, 1.807) is 23.3 Å². The Kier molecular flexibility index (Phi) is 12.1. The highest BCUT2D eigenvalue weighted by molar-refractivity contribution is 7.99. The Hall–Kier alpha value is -1.61. The van der Waals surface area contributed by atoms with Crippen LogP contribution in [0.2, 0.25) is 0 Å². The fourth-order valence-corrected chi connectivity index (χ4v) is 4.44. The molecule has 0 spiro atoms. The highest BCUT2D eigenvalue weighted by Gasteiger charge is 2.26. The topological polar surface area (TPSA) is 27.1 Å². The Balaban J connectivity index is 1.82. The van der Waals surface area contributed by atoms with Crippen LogP contribution in [0.25, 0.3) is 0 Å². The normalized spacial score (nSPS) is 12.4. The molecular formula is C23H31F5N2OS. The lowest BCUT2D eigenvalue weighted by atomic mass is 10.1. The van der Waals surface area contributed by atoms with Gasteiger partial charge in [-0.25, -0.2) is 26.9 Å². The average molecular weight is 479 g/mol. The van der Waals surface area contributed by atoms with Crippen LogP contribution in [0.4, 0.5) is 22.0 Å². The summed E-state index contributed by atoms with van der Waals surface area (Å²) in [5.74, 6) is -9.90. The van der Waals surface area contributed by atoms with E-state index in [1.165, 1.54) is 38.5 Å². The Morgan fingerprint density at radius 3 is 2.06 bits per heavy atom. The molecule has 0 aliphatic rings. The molecular weight excluding hydrogens is 447 g/mol. The molecule has 1 atom stereocenters. The van der Waals surface area contributed by atoms with Crippen LogP contribution in [-0.4, -0.2) is 28.0 Å². The van der Waals surface area contributed by atoms with Gasteiger partial charge in [-0.2, -0.15) is 0 Å². The minimum Gasteiger partial charge on any atom is -0.380 e. The van der Waals surface area contributed by atoms with Crippen LogP contribution >= 0.6 is 11.8 Å². The third-order valence-electron chi connectivity index (χ3n) is 5.18. The number of rotatable bonds is 16. The molecule has 3 nitrogen and oxygen atoms in total. The van der Waals surface area contributed by atoms with Gasteiger partial charge in [0.25, 0.3) is 0 Å². The van der Waals surface area contributed by atoms with Gasteiger partial charge in [0.15, 0.2) is 23.3 Å². The van der Waals surface area contributed by atoms with Crippen LogP contribution in [0.15, 0.2) is 18.7 Å². The largest absolute Gasteiger partial charge is 0.380 e. The van der Waals surface area contributed by atoms with Crippen LogP contribution in [0.1, 0.15) is 63.9 Å². The van der Waals surface area contributed by atoms with E-state index in [2.05, 4.69) is 11.9 Å². The molecule has 2 aromatic rings. The molecule has 180 valence electrons. The molecule has 2 rings (SSSR count). The van der Waals surface area contributed by atoms with Gasteiger partial charge in [-0.1, -0.05) is 51.9 Å². The predicted molar refractivity (Wildman–Crippen MR) is 117 cm³/mol. The molecule has 0 N–H and O–H groups in total. The van der Waals surface area contributed by atoms with Crippen molar-refractivity contribution < 1.29 is 26.7 Å². The van der Waals surface area contributed by atoms with Crippen molar-refractivity contribution >= 4 is 11.8 Å². The van der Waals surface area contributed by atoms with E-state index in [-0.39, 0.29) is 11.0 Å². The van der Waals surface area contributed by atoms with Crippen molar-refractivity contribution in [2.75, 3.05) is 13.2 Å². The molecule has 1 aromatic heterocycles. The maximum atomic E-state index is 14.0. The third kappa shape index (κ3) is 8.39. The molecule has 0 fully saturated rings. The SMILES string of the molecule is CCCCCCCCCCOCC(Cn1ccnc1)SCc1c(F)c(F)c(F)c(F)c1F. The predicted octanol–water partition coefficient (Wildman–Crippen LogP) is 7.04. The zero-order valence-electron chi connectivity index (χ0n) is 18.4. The number of imidazole rings is 1. The first-order valence-corrected chi connectivity index (χ1v) is 12.2. The number of hydrogen-bond donors (Lipinski definition) is 0. The van der Waals surface area contributed by atoms with Gasteiger partial charge >= 0.3 is 0 Å². The van der Waals surface area contributed by atoms with Crippen molar-refractivity contribution in [1.82, 2.24) is 9.55 Å². The Morgan fingerprint density at radius 2 is 1.47 bits per heavy atom. The van der Waals surface area contributed by atoms with E-state index in [1.807, 2.05) is 0 Å². The Labute approximate surface area is 190 Å². The molecule has 0 aliphatic heterocycles. The van der Waals surface area contributed by atoms with Crippen molar-refractivity contribution in [3.05, 3.63) is 53.4 Å². The number of benzene rings is 1. The van der Waals surface area contributed by atoms with Gasteiger partial charge in [0, 0.05) is 42.1 Å². The van der Waals surface area contributed by atoms with Crippen LogP contribution in [0.3, 0.4) is 0 Å². The van der Waals surface area contributed by atoms with Gasteiger partial charge in [0.1, 0.15) is 0 Å². The number of aromatic nitrogens is 2. The number of unbranched alkanes of at least 4 members (excludes halogenated alkanes) is 7. The highest BCUT2D eigenvalue weighted by Crippen LogP contribution is 2.28. The maximum Gasteiger partial charge on any atom is 0.200 e. The van der Waals surface area contributed by atoms with E-state index in [0.717, 1.165) is 24.6 Å². The lowest BCUT2D eigenvalue weighted by Crippen LogP contribution is -2.20. The summed E-state index contributed by atoms with van der Waals surface area (Å²) in [7, 11) is 0. The quantitative estimate of drug-likeness (QED) is 0.112. The van der Waals surface area contributed by atoms with E-state index in [4.69, 9.17) is 4.74 Å². The minimum atomic E-state index is -2.14. The molecule has 32 heavy (non-hydrogen) atoms. The Morgan fingerprint density at radius 1 is 0.875 bits per heavy atom. The molecule has 0 radical (unpaired) electrons. The van der Waals surface area contributed by atoms with Gasteiger partial charge < -0.3 is 9.30 Å². The summed E-state index contributed by atoms with van der Waals surface area (Å²) < 4.78 is 75.7. The zero-order valence-corrected chi connectivity index (χ0v) is 19.2. The van der Waals surface area contributed by atoms with Gasteiger partial charge in [0.05, 0.1) is 12.9 Å². The minimum absolute atomic E-state index is 0.242. The number of thioether (sulfide) groups is 1. The van der Waals surface area contributed by atoms with Gasteiger partial charge in [-0.3, -0.25) is 0 Å².